The van der Waals surface area contributed by atoms with E-state index in [1.54, 1.807) is 0 Å². The van der Waals surface area contributed by atoms with Gasteiger partial charge in [-0.2, -0.15) is 11.8 Å². The van der Waals surface area contributed by atoms with E-state index >= 15 is 0 Å². The van der Waals surface area contributed by atoms with Crippen molar-refractivity contribution in [2.24, 2.45) is 11.8 Å². The lowest BCUT2D eigenvalue weighted by Crippen LogP contribution is -2.26. The number of ether oxygens (including phenoxy) is 1. The van der Waals surface area contributed by atoms with Crippen LogP contribution < -0.4 is 0 Å². The summed E-state index contributed by atoms with van der Waals surface area (Å²) < 4.78 is 4.93. The van der Waals surface area contributed by atoms with Crippen molar-refractivity contribution in [1.29, 1.82) is 0 Å². The maximum absolute atomic E-state index is 11.1. The van der Waals surface area contributed by atoms with Gasteiger partial charge in [0.1, 0.15) is 0 Å². The Morgan fingerprint density at radius 1 is 1.35 bits per heavy atom. The van der Waals surface area contributed by atoms with E-state index in [2.05, 4.69) is 44.8 Å². The number of methoxy groups -OCH3 is 1. The molecule has 0 fully saturated rings. The van der Waals surface area contributed by atoms with Crippen LogP contribution in [-0.2, 0) is 9.53 Å². The number of rotatable bonds is 8. The third-order valence-electron chi connectivity index (χ3n) is 3.93. The summed E-state index contributed by atoms with van der Waals surface area (Å²) in [6.07, 6.45) is 10.1. The van der Waals surface area contributed by atoms with Crippen molar-refractivity contribution in [3.8, 4) is 0 Å². The topological polar surface area (TPSA) is 26.3 Å². The first-order valence-corrected chi connectivity index (χ1v) is 8.43. The van der Waals surface area contributed by atoms with Gasteiger partial charge in [0.25, 0.3) is 0 Å². The highest BCUT2D eigenvalue weighted by Crippen LogP contribution is 2.34. The van der Waals surface area contributed by atoms with E-state index in [9.17, 15) is 4.79 Å². The van der Waals surface area contributed by atoms with Crippen LogP contribution in [0.2, 0.25) is 0 Å². The van der Waals surface area contributed by atoms with E-state index in [4.69, 9.17) is 0 Å². The summed E-state index contributed by atoms with van der Waals surface area (Å²) in [5, 5.41) is 0. The molecule has 0 bridgehead atoms. The van der Waals surface area contributed by atoms with Crippen molar-refractivity contribution in [3.63, 3.8) is 0 Å². The highest BCUT2D eigenvalue weighted by molar-refractivity contribution is 7.99. The number of allylic oxidation sites excluding steroid dienone is 3. The normalized spacial score (nSPS) is 16.2. The number of hydrogen-bond donors (Lipinski definition) is 0. The number of thioether (sulfide) groups is 1. The summed E-state index contributed by atoms with van der Waals surface area (Å²) in [4.78, 5) is 11.1. The first kappa shape index (κ1) is 19.3. The third-order valence-corrected chi connectivity index (χ3v) is 5.39. The molecule has 0 N–H and O–H groups in total. The molecule has 0 amide bonds. The molecule has 2 nitrogen and oxygen atoms in total. The van der Waals surface area contributed by atoms with Gasteiger partial charge in [-0.3, -0.25) is 0 Å². The number of hydrogen-bond acceptors (Lipinski definition) is 3. The van der Waals surface area contributed by atoms with Crippen LogP contribution in [0.5, 0.6) is 0 Å². The molecule has 0 saturated carbocycles. The second-order valence-corrected chi connectivity index (χ2v) is 7.56. The molecule has 0 aromatic rings. The van der Waals surface area contributed by atoms with Crippen molar-refractivity contribution in [3.05, 3.63) is 23.8 Å². The molecule has 0 spiro atoms. The summed E-state index contributed by atoms with van der Waals surface area (Å²) in [5.74, 6) is 1.04. The maximum Gasteiger partial charge on any atom is 0.330 e. The lowest BCUT2D eigenvalue weighted by atomic mass is 9.86. The van der Waals surface area contributed by atoms with Crippen LogP contribution in [0.15, 0.2) is 23.8 Å². The van der Waals surface area contributed by atoms with E-state index < -0.39 is 0 Å². The Hall–Kier alpha value is -0.700. The first-order chi connectivity index (χ1) is 9.22. The van der Waals surface area contributed by atoms with Gasteiger partial charge in [0.15, 0.2) is 0 Å². The van der Waals surface area contributed by atoms with Crippen molar-refractivity contribution >= 4 is 17.7 Å². The van der Waals surface area contributed by atoms with Gasteiger partial charge in [-0.25, -0.2) is 4.79 Å². The predicted molar refractivity (Wildman–Crippen MR) is 90.1 cm³/mol. The molecule has 0 rings (SSSR count). The molecule has 0 saturated heterocycles. The van der Waals surface area contributed by atoms with Crippen LogP contribution >= 0.6 is 11.8 Å². The largest absolute Gasteiger partial charge is 0.466 e. The Labute approximate surface area is 129 Å². The van der Waals surface area contributed by atoms with Crippen molar-refractivity contribution in [2.75, 3.05) is 13.4 Å². The second kappa shape index (κ2) is 9.28. The fraction of sp³-hybridized carbons (Fsp3) is 0.706. The number of carbonyl (C=O) groups excluding carboxylic acids is 1. The standard InChI is InChI=1S/C17H30O2S/c1-13(11-15(3)17(4,5)20-7)9-8-10-14(2)12-16(18)19-6/h8,10,12-13,15H,9,11H2,1-7H3. The van der Waals surface area contributed by atoms with E-state index in [1.165, 1.54) is 19.6 Å². The van der Waals surface area contributed by atoms with Crippen molar-refractivity contribution in [2.45, 2.75) is 52.2 Å². The van der Waals surface area contributed by atoms with Gasteiger partial charge in [0, 0.05) is 10.8 Å². The molecule has 0 aliphatic heterocycles. The molecule has 3 heteroatoms. The van der Waals surface area contributed by atoms with Crippen LogP contribution in [0, 0.1) is 11.8 Å². The molecule has 0 heterocycles. The zero-order valence-corrected chi connectivity index (χ0v) is 14.8. The minimum atomic E-state index is -0.296. The fourth-order valence-electron chi connectivity index (χ4n) is 1.96. The number of carbonyl (C=O) groups is 1. The van der Waals surface area contributed by atoms with Crippen molar-refractivity contribution in [1.82, 2.24) is 0 Å². The Bertz CT molecular complexity index is 356. The van der Waals surface area contributed by atoms with Crippen molar-refractivity contribution < 1.29 is 9.53 Å². The SMILES string of the molecule is COC(=O)C=C(C)C=CCC(C)CC(C)C(C)(C)SC. The highest BCUT2D eigenvalue weighted by Gasteiger charge is 2.25. The molecular formula is C17H30O2S. The van der Waals surface area contributed by atoms with Gasteiger partial charge in [0.2, 0.25) is 0 Å². The van der Waals surface area contributed by atoms with E-state index in [-0.39, 0.29) is 5.97 Å². The van der Waals surface area contributed by atoms with Gasteiger partial charge in [-0.05, 0) is 43.4 Å². The van der Waals surface area contributed by atoms with E-state index in [0.717, 1.165) is 12.0 Å². The summed E-state index contributed by atoms with van der Waals surface area (Å²) >= 11 is 1.94. The lowest BCUT2D eigenvalue weighted by Gasteiger charge is -2.31. The highest BCUT2D eigenvalue weighted by atomic mass is 32.2. The van der Waals surface area contributed by atoms with Crippen LogP contribution in [0.3, 0.4) is 0 Å². The maximum atomic E-state index is 11.1. The second-order valence-electron chi connectivity index (χ2n) is 6.10. The van der Waals surface area contributed by atoms with Gasteiger partial charge >= 0.3 is 5.97 Å². The van der Waals surface area contributed by atoms with Crippen LogP contribution in [0.4, 0.5) is 0 Å². The molecule has 2 unspecified atom stereocenters. The first-order valence-electron chi connectivity index (χ1n) is 7.20. The Balaban J connectivity index is 4.26. The molecule has 0 aromatic heterocycles. The predicted octanol–water partition coefficient (Wildman–Crippen LogP) is 4.86. The van der Waals surface area contributed by atoms with Gasteiger partial charge in [-0.1, -0.05) is 39.8 Å². The number of esters is 1. The summed E-state index contributed by atoms with van der Waals surface area (Å²) in [7, 11) is 1.40. The third kappa shape index (κ3) is 7.78. The lowest BCUT2D eigenvalue weighted by molar-refractivity contribution is -0.134. The smallest absolute Gasteiger partial charge is 0.330 e. The molecular weight excluding hydrogens is 268 g/mol. The van der Waals surface area contributed by atoms with Crippen LogP contribution in [0.25, 0.3) is 0 Å². The van der Waals surface area contributed by atoms with Crippen LogP contribution in [0.1, 0.15) is 47.5 Å². The summed E-state index contributed by atoms with van der Waals surface area (Å²) in [5.41, 5.74) is 0.932. The average molecular weight is 298 g/mol. The molecule has 116 valence electrons. The average Bonchev–Trinajstić information content (AvgIpc) is 2.38. The monoisotopic (exact) mass is 298 g/mol. The Kier molecular flexibility index (Phi) is 8.95. The zero-order chi connectivity index (χ0) is 15.8. The van der Waals surface area contributed by atoms with Gasteiger partial charge < -0.3 is 4.74 Å². The quantitative estimate of drug-likeness (QED) is 0.364. The molecule has 20 heavy (non-hydrogen) atoms. The van der Waals surface area contributed by atoms with Gasteiger partial charge in [-0.15, -0.1) is 0 Å². The fourth-order valence-corrected chi connectivity index (χ4v) is 2.46. The summed E-state index contributed by atoms with van der Waals surface area (Å²) in [6, 6.07) is 0. The van der Waals surface area contributed by atoms with E-state index in [1.807, 2.05) is 24.8 Å². The Morgan fingerprint density at radius 3 is 2.45 bits per heavy atom. The summed E-state index contributed by atoms with van der Waals surface area (Å²) in [6.45, 7) is 11.2. The molecule has 2 atom stereocenters. The molecule has 0 aliphatic carbocycles. The molecule has 0 radical (unpaired) electrons. The minimum Gasteiger partial charge on any atom is -0.466 e. The minimum absolute atomic E-state index is 0.296. The van der Waals surface area contributed by atoms with E-state index in [0.29, 0.717) is 16.6 Å². The zero-order valence-electron chi connectivity index (χ0n) is 14.0. The van der Waals surface area contributed by atoms with Crippen LogP contribution in [-0.4, -0.2) is 24.1 Å². The van der Waals surface area contributed by atoms with Gasteiger partial charge in [0.05, 0.1) is 7.11 Å². The molecule has 0 aliphatic rings. The molecule has 0 aromatic carbocycles. The Morgan fingerprint density at radius 2 is 1.95 bits per heavy atom.